The molecule has 1 aromatic rings. The SMILES string of the molecule is CNC(CCC(C)(C)OC)C1Cc2ccccc2S1. The third-order valence-electron chi connectivity index (χ3n) is 4.10. The largest absolute Gasteiger partial charge is 0.379 e. The number of thioether (sulfide) groups is 1. The molecule has 0 bridgehead atoms. The fourth-order valence-electron chi connectivity index (χ4n) is 2.55. The van der Waals surface area contributed by atoms with Crippen LogP contribution in [0.15, 0.2) is 29.2 Å². The van der Waals surface area contributed by atoms with E-state index < -0.39 is 0 Å². The maximum atomic E-state index is 5.52. The molecule has 0 amide bonds. The van der Waals surface area contributed by atoms with Crippen LogP contribution in [0.2, 0.25) is 0 Å². The van der Waals surface area contributed by atoms with Crippen molar-refractivity contribution in [1.29, 1.82) is 0 Å². The van der Waals surface area contributed by atoms with Crippen LogP contribution < -0.4 is 5.32 Å². The molecule has 0 spiro atoms. The normalized spacial score (nSPS) is 20.3. The summed E-state index contributed by atoms with van der Waals surface area (Å²) in [6.07, 6.45) is 3.42. The molecular formula is C16H25NOS. The highest BCUT2D eigenvalue weighted by atomic mass is 32.2. The molecule has 19 heavy (non-hydrogen) atoms. The van der Waals surface area contributed by atoms with Gasteiger partial charge in [0.2, 0.25) is 0 Å². The van der Waals surface area contributed by atoms with Crippen LogP contribution in [0.1, 0.15) is 32.3 Å². The van der Waals surface area contributed by atoms with Crippen molar-refractivity contribution in [2.75, 3.05) is 14.2 Å². The number of methoxy groups -OCH3 is 1. The highest BCUT2D eigenvalue weighted by molar-refractivity contribution is 8.00. The number of fused-ring (bicyclic) bond motifs is 1. The number of hydrogen-bond acceptors (Lipinski definition) is 3. The lowest BCUT2D eigenvalue weighted by Crippen LogP contribution is -2.37. The van der Waals surface area contributed by atoms with Crippen molar-refractivity contribution in [3.8, 4) is 0 Å². The van der Waals surface area contributed by atoms with Crippen LogP contribution in [0.4, 0.5) is 0 Å². The minimum absolute atomic E-state index is 0.0226. The second-order valence-electron chi connectivity index (χ2n) is 5.87. The highest BCUT2D eigenvalue weighted by Gasteiger charge is 2.29. The first kappa shape index (κ1) is 14.9. The third-order valence-corrected chi connectivity index (χ3v) is 5.55. The van der Waals surface area contributed by atoms with Crippen molar-refractivity contribution < 1.29 is 4.74 Å². The van der Waals surface area contributed by atoms with Crippen LogP contribution >= 0.6 is 11.8 Å². The predicted octanol–water partition coefficient (Wildman–Crippen LogP) is 3.50. The van der Waals surface area contributed by atoms with Crippen molar-refractivity contribution in [3.05, 3.63) is 29.8 Å². The maximum absolute atomic E-state index is 5.52. The van der Waals surface area contributed by atoms with Crippen molar-refractivity contribution in [2.24, 2.45) is 0 Å². The fraction of sp³-hybridized carbons (Fsp3) is 0.625. The van der Waals surface area contributed by atoms with Crippen molar-refractivity contribution in [3.63, 3.8) is 0 Å². The van der Waals surface area contributed by atoms with Gasteiger partial charge in [0.1, 0.15) is 0 Å². The zero-order valence-electron chi connectivity index (χ0n) is 12.4. The number of benzene rings is 1. The molecule has 3 heteroatoms. The molecular weight excluding hydrogens is 254 g/mol. The van der Waals surface area contributed by atoms with Gasteiger partial charge in [-0.25, -0.2) is 0 Å². The Hall–Kier alpha value is -0.510. The summed E-state index contributed by atoms with van der Waals surface area (Å²) in [7, 11) is 3.88. The van der Waals surface area contributed by atoms with Gasteiger partial charge < -0.3 is 10.1 Å². The molecule has 0 aliphatic carbocycles. The summed E-state index contributed by atoms with van der Waals surface area (Å²) in [5, 5.41) is 4.15. The van der Waals surface area contributed by atoms with Gasteiger partial charge in [0.05, 0.1) is 5.60 Å². The zero-order valence-corrected chi connectivity index (χ0v) is 13.2. The predicted molar refractivity (Wildman–Crippen MR) is 83.0 cm³/mol. The van der Waals surface area contributed by atoms with Crippen LogP contribution in [-0.4, -0.2) is 31.1 Å². The summed E-state index contributed by atoms with van der Waals surface area (Å²) >= 11 is 2.02. The summed E-state index contributed by atoms with van der Waals surface area (Å²) in [6, 6.07) is 9.33. The molecule has 2 atom stereocenters. The van der Waals surface area contributed by atoms with Gasteiger partial charge in [-0.3, -0.25) is 0 Å². The lowest BCUT2D eigenvalue weighted by Gasteiger charge is -2.28. The van der Waals surface area contributed by atoms with Gasteiger partial charge in [0.15, 0.2) is 0 Å². The van der Waals surface area contributed by atoms with E-state index in [2.05, 4.69) is 50.5 Å². The first-order chi connectivity index (χ1) is 9.05. The Morgan fingerprint density at radius 2 is 2.16 bits per heavy atom. The molecule has 2 unspecified atom stereocenters. The quantitative estimate of drug-likeness (QED) is 0.861. The molecule has 1 N–H and O–H groups in total. The molecule has 1 heterocycles. The number of rotatable bonds is 6. The summed E-state index contributed by atoms with van der Waals surface area (Å²) in [5.41, 5.74) is 1.48. The molecule has 1 aliphatic rings. The van der Waals surface area contributed by atoms with E-state index in [1.54, 1.807) is 7.11 Å². The lowest BCUT2D eigenvalue weighted by molar-refractivity contribution is 0.0118. The maximum Gasteiger partial charge on any atom is 0.0623 e. The summed E-state index contributed by atoms with van der Waals surface area (Å²) in [4.78, 5) is 1.46. The van der Waals surface area contributed by atoms with Gasteiger partial charge in [0.25, 0.3) is 0 Å². The van der Waals surface area contributed by atoms with E-state index in [4.69, 9.17) is 4.74 Å². The molecule has 2 rings (SSSR count). The first-order valence-corrected chi connectivity index (χ1v) is 7.90. The summed E-state index contributed by atoms with van der Waals surface area (Å²) in [6.45, 7) is 4.33. The van der Waals surface area contributed by atoms with Gasteiger partial charge in [-0.2, -0.15) is 0 Å². The molecule has 0 radical (unpaired) electrons. The Morgan fingerprint density at radius 3 is 2.79 bits per heavy atom. The topological polar surface area (TPSA) is 21.3 Å². The number of nitrogens with one attached hydrogen (secondary N) is 1. The number of hydrogen-bond donors (Lipinski definition) is 1. The van der Waals surface area contributed by atoms with Crippen molar-refractivity contribution in [2.45, 2.75) is 54.9 Å². The highest BCUT2D eigenvalue weighted by Crippen LogP contribution is 2.39. The standard InChI is InChI=1S/C16H25NOS/c1-16(2,18-4)10-9-13(17-3)15-11-12-7-5-6-8-14(12)19-15/h5-8,13,15,17H,9-11H2,1-4H3. The molecule has 0 fully saturated rings. The van der Waals surface area contributed by atoms with Crippen molar-refractivity contribution in [1.82, 2.24) is 5.32 Å². The van der Waals surface area contributed by atoms with E-state index in [9.17, 15) is 0 Å². The molecule has 2 nitrogen and oxygen atoms in total. The van der Waals surface area contributed by atoms with E-state index in [0.29, 0.717) is 11.3 Å². The van der Waals surface area contributed by atoms with Crippen LogP contribution in [0.3, 0.4) is 0 Å². The lowest BCUT2D eigenvalue weighted by atomic mass is 9.95. The van der Waals surface area contributed by atoms with Gasteiger partial charge in [-0.15, -0.1) is 11.8 Å². The van der Waals surface area contributed by atoms with Gasteiger partial charge in [-0.1, -0.05) is 18.2 Å². The second kappa shape index (κ2) is 6.29. The van der Waals surface area contributed by atoms with Crippen LogP contribution in [0.25, 0.3) is 0 Å². The van der Waals surface area contributed by atoms with Crippen LogP contribution in [0.5, 0.6) is 0 Å². The van der Waals surface area contributed by atoms with Gasteiger partial charge in [0, 0.05) is 23.3 Å². The van der Waals surface area contributed by atoms with Crippen molar-refractivity contribution >= 4 is 11.8 Å². The smallest absolute Gasteiger partial charge is 0.0623 e. The minimum Gasteiger partial charge on any atom is -0.379 e. The fourth-order valence-corrected chi connectivity index (χ4v) is 4.04. The van der Waals surface area contributed by atoms with Crippen LogP contribution in [0, 0.1) is 0 Å². The van der Waals surface area contributed by atoms with E-state index in [1.807, 2.05) is 11.8 Å². The first-order valence-electron chi connectivity index (χ1n) is 7.03. The zero-order chi connectivity index (χ0) is 13.9. The Labute approximate surface area is 121 Å². The Kier molecular flexibility index (Phi) is 4.93. The van der Waals surface area contributed by atoms with E-state index in [0.717, 1.165) is 12.8 Å². The molecule has 1 aromatic carbocycles. The Balaban J connectivity index is 1.94. The summed E-state index contributed by atoms with van der Waals surface area (Å²) < 4.78 is 5.52. The minimum atomic E-state index is -0.0226. The van der Waals surface area contributed by atoms with E-state index in [1.165, 1.54) is 16.9 Å². The molecule has 1 aliphatic heterocycles. The van der Waals surface area contributed by atoms with E-state index >= 15 is 0 Å². The molecule has 0 saturated heterocycles. The summed E-state index contributed by atoms with van der Waals surface area (Å²) in [5.74, 6) is 0. The van der Waals surface area contributed by atoms with Crippen LogP contribution in [-0.2, 0) is 11.2 Å². The average molecular weight is 279 g/mol. The van der Waals surface area contributed by atoms with E-state index in [-0.39, 0.29) is 5.60 Å². The monoisotopic (exact) mass is 279 g/mol. The number of ether oxygens (including phenoxy) is 1. The molecule has 0 saturated carbocycles. The molecule has 0 aromatic heterocycles. The van der Waals surface area contributed by atoms with Gasteiger partial charge in [-0.05, 0) is 51.8 Å². The second-order valence-corrected chi connectivity index (χ2v) is 7.15. The van der Waals surface area contributed by atoms with Gasteiger partial charge >= 0.3 is 0 Å². The Bertz CT molecular complexity index is 394. The Morgan fingerprint density at radius 1 is 1.42 bits per heavy atom. The third kappa shape index (κ3) is 3.74. The average Bonchev–Trinajstić information content (AvgIpc) is 2.83. The molecule has 106 valence electrons.